The van der Waals surface area contributed by atoms with Gasteiger partial charge in [-0.3, -0.25) is 4.79 Å². The minimum atomic E-state index is -0.540. The van der Waals surface area contributed by atoms with Crippen molar-refractivity contribution >= 4 is 27.9 Å². The van der Waals surface area contributed by atoms with Crippen LogP contribution in [0.25, 0.3) is 0 Å². The van der Waals surface area contributed by atoms with E-state index in [1.165, 1.54) is 4.90 Å². The molecule has 0 radical (unpaired) electrons. The average molecular weight is 338 g/mol. The van der Waals surface area contributed by atoms with Crippen LogP contribution < -0.4 is 0 Å². The molecule has 2 amide bonds. The molecule has 3 rings (SSSR count). The van der Waals surface area contributed by atoms with Crippen LogP contribution in [0.1, 0.15) is 24.9 Å². The van der Waals surface area contributed by atoms with Gasteiger partial charge in [-0.2, -0.15) is 0 Å². The first-order valence-electron chi connectivity index (χ1n) is 6.78. The number of hydrogen-bond donors (Lipinski definition) is 0. The van der Waals surface area contributed by atoms with E-state index in [1.54, 1.807) is 0 Å². The molecular formula is C15H16BrNO3. The highest BCUT2D eigenvalue weighted by atomic mass is 79.9. The summed E-state index contributed by atoms with van der Waals surface area (Å²) >= 11 is 3.45. The number of carbonyl (C=O) groups excluding carboxylic acids is 2. The minimum absolute atomic E-state index is 0.185. The Labute approximate surface area is 126 Å². The Kier molecular flexibility index (Phi) is 3.54. The monoisotopic (exact) mass is 337 g/mol. The van der Waals surface area contributed by atoms with E-state index in [0.29, 0.717) is 11.8 Å². The summed E-state index contributed by atoms with van der Waals surface area (Å²) in [6.45, 7) is 2.34. The van der Waals surface area contributed by atoms with Crippen LogP contribution in [-0.2, 0) is 9.53 Å². The van der Waals surface area contributed by atoms with Gasteiger partial charge in [0.05, 0.1) is 4.83 Å². The van der Waals surface area contributed by atoms with Gasteiger partial charge in [-0.15, -0.1) is 0 Å². The molecule has 2 fully saturated rings. The van der Waals surface area contributed by atoms with Crippen molar-refractivity contribution in [2.24, 2.45) is 11.8 Å². The van der Waals surface area contributed by atoms with Crippen LogP contribution in [0.15, 0.2) is 30.3 Å². The third-order valence-electron chi connectivity index (χ3n) is 4.08. The maximum Gasteiger partial charge on any atom is 0.417 e. The van der Waals surface area contributed by atoms with Crippen molar-refractivity contribution in [2.75, 3.05) is 6.61 Å². The Balaban J connectivity index is 1.82. The number of ether oxygens (including phenoxy) is 1. The quantitative estimate of drug-likeness (QED) is 0.796. The molecule has 1 aliphatic carbocycles. The highest BCUT2D eigenvalue weighted by molar-refractivity contribution is 9.10. The van der Waals surface area contributed by atoms with Crippen molar-refractivity contribution in [3.8, 4) is 0 Å². The van der Waals surface area contributed by atoms with E-state index in [0.717, 1.165) is 12.0 Å². The van der Waals surface area contributed by atoms with Crippen LogP contribution in [0.2, 0.25) is 0 Å². The van der Waals surface area contributed by atoms with Gasteiger partial charge in [0.25, 0.3) is 0 Å². The van der Waals surface area contributed by atoms with Crippen LogP contribution in [0.5, 0.6) is 0 Å². The molecule has 106 valence electrons. The van der Waals surface area contributed by atoms with Crippen LogP contribution in [0, 0.1) is 11.8 Å². The number of alkyl halides is 1. The molecule has 0 spiro atoms. The van der Waals surface area contributed by atoms with Crippen LogP contribution in [-0.4, -0.2) is 28.3 Å². The lowest BCUT2D eigenvalue weighted by atomic mass is 10.1. The van der Waals surface area contributed by atoms with E-state index in [4.69, 9.17) is 4.74 Å². The zero-order valence-corrected chi connectivity index (χ0v) is 12.7. The predicted octanol–water partition coefficient (Wildman–Crippen LogP) is 3.13. The van der Waals surface area contributed by atoms with Gasteiger partial charge in [-0.1, -0.05) is 53.2 Å². The second kappa shape index (κ2) is 5.20. The Morgan fingerprint density at radius 1 is 1.40 bits per heavy atom. The summed E-state index contributed by atoms with van der Waals surface area (Å²) < 4.78 is 5.08. The van der Waals surface area contributed by atoms with Gasteiger partial charge in [0.2, 0.25) is 5.91 Å². The first kappa shape index (κ1) is 13.6. The van der Waals surface area contributed by atoms with Crippen molar-refractivity contribution in [3.63, 3.8) is 0 Å². The summed E-state index contributed by atoms with van der Waals surface area (Å²) in [4.78, 5) is 25.4. The molecule has 1 aromatic rings. The molecule has 1 aliphatic heterocycles. The first-order valence-corrected chi connectivity index (χ1v) is 7.70. The second-order valence-electron chi connectivity index (χ2n) is 5.49. The summed E-state index contributed by atoms with van der Waals surface area (Å²) in [5, 5.41) is 0. The Morgan fingerprint density at radius 2 is 2.05 bits per heavy atom. The number of rotatable bonds is 3. The lowest BCUT2D eigenvalue weighted by Gasteiger charge is -2.22. The molecular weight excluding hydrogens is 322 g/mol. The molecule has 4 nitrogen and oxygen atoms in total. The highest BCUT2D eigenvalue weighted by Gasteiger charge is 2.48. The number of hydrogen-bond acceptors (Lipinski definition) is 3. The summed E-state index contributed by atoms with van der Waals surface area (Å²) in [6.07, 6.45) is 0.488. The molecule has 2 aliphatic rings. The fourth-order valence-electron chi connectivity index (χ4n) is 2.66. The van der Waals surface area contributed by atoms with Gasteiger partial charge in [-0.05, 0) is 23.8 Å². The van der Waals surface area contributed by atoms with Crippen LogP contribution in [0.3, 0.4) is 0 Å². The van der Waals surface area contributed by atoms with Crippen molar-refractivity contribution in [1.29, 1.82) is 0 Å². The standard InChI is InChI=1S/C15H16BrNO3/c1-9-7-11(9)13(16)14(18)17-12(8-20-15(17)19)10-5-3-2-4-6-10/h2-6,9,11-13H,7-8H2,1H3/t9?,11?,12-,13+/m0/s1. The van der Waals surface area contributed by atoms with Gasteiger partial charge < -0.3 is 4.74 Å². The summed E-state index contributed by atoms with van der Waals surface area (Å²) in [5.41, 5.74) is 0.926. The molecule has 0 bridgehead atoms. The van der Waals surface area contributed by atoms with Crippen molar-refractivity contribution < 1.29 is 14.3 Å². The van der Waals surface area contributed by atoms with Gasteiger partial charge in [0.1, 0.15) is 12.6 Å². The van der Waals surface area contributed by atoms with E-state index in [1.807, 2.05) is 30.3 Å². The molecule has 1 saturated heterocycles. The molecule has 0 aromatic heterocycles. The fourth-order valence-corrected chi connectivity index (χ4v) is 3.62. The van der Waals surface area contributed by atoms with Gasteiger partial charge in [0, 0.05) is 0 Å². The number of carbonyl (C=O) groups is 2. The number of imide groups is 1. The number of halogens is 1. The topological polar surface area (TPSA) is 46.6 Å². The number of amides is 2. The second-order valence-corrected chi connectivity index (χ2v) is 6.48. The largest absolute Gasteiger partial charge is 0.446 e. The number of nitrogens with zero attached hydrogens (tertiary/aromatic N) is 1. The summed E-state index contributed by atoms with van der Waals surface area (Å²) in [7, 11) is 0. The Bertz CT molecular complexity index is 533. The lowest BCUT2D eigenvalue weighted by Crippen LogP contribution is -2.40. The van der Waals surface area contributed by atoms with E-state index >= 15 is 0 Å². The molecule has 4 atom stereocenters. The maximum absolute atomic E-state index is 12.5. The van der Waals surface area contributed by atoms with Gasteiger partial charge in [-0.25, -0.2) is 9.69 Å². The van der Waals surface area contributed by atoms with E-state index in [2.05, 4.69) is 22.9 Å². The molecule has 5 heteroatoms. The van der Waals surface area contributed by atoms with E-state index in [9.17, 15) is 9.59 Å². The highest BCUT2D eigenvalue weighted by Crippen LogP contribution is 2.45. The van der Waals surface area contributed by atoms with Crippen LogP contribution >= 0.6 is 15.9 Å². The molecule has 2 unspecified atom stereocenters. The molecule has 0 N–H and O–H groups in total. The summed E-state index contributed by atoms with van der Waals surface area (Å²) in [5.74, 6) is 0.681. The summed E-state index contributed by atoms with van der Waals surface area (Å²) in [6, 6.07) is 9.22. The predicted molar refractivity (Wildman–Crippen MR) is 77.4 cm³/mol. The molecule has 1 heterocycles. The van der Waals surface area contributed by atoms with Gasteiger partial charge in [0.15, 0.2) is 0 Å². The smallest absolute Gasteiger partial charge is 0.417 e. The van der Waals surface area contributed by atoms with E-state index in [-0.39, 0.29) is 23.4 Å². The Hall–Kier alpha value is -1.36. The van der Waals surface area contributed by atoms with Crippen LogP contribution in [0.4, 0.5) is 4.79 Å². The average Bonchev–Trinajstić information content (AvgIpc) is 3.06. The zero-order valence-electron chi connectivity index (χ0n) is 11.2. The normalized spacial score (nSPS) is 30.0. The third-order valence-corrected chi connectivity index (χ3v) is 5.15. The molecule has 1 aromatic carbocycles. The minimum Gasteiger partial charge on any atom is -0.446 e. The molecule has 1 saturated carbocycles. The number of cyclic esters (lactones) is 1. The lowest BCUT2D eigenvalue weighted by molar-refractivity contribution is -0.129. The first-order chi connectivity index (χ1) is 9.59. The van der Waals surface area contributed by atoms with Crippen molar-refractivity contribution in [3.05, 3.63) is 35.9 Å². The van der Waals surface area contributed by atoms with Gasteiger partial charge >= 0.3 is 6.09 Å². The Morgan fingerprint density at radius 3 is 2.65 bits per heavy atom. The zero-order chi connectivity index (χ0) is 14.3. The van der Waals surface area contributed by atoms with E-state index < -0.39 is 6.09 Å². The maximum atomic E-state index is 12.5. The number of benzene rings is 1. The van der Waals surface area contributed by atoms with Crippen molar-refractivity contribution in [1.82, 2.24) is 4.90 Å². The molecule has 20 heavy (non-hydrogen) atoms. The fraction of sp³-hybridized carbons (Fsp3) is 0.467. The SMILES string of the molecule is CC1CC1[C@@H](Br)C(=O)N1C(=O)OC[C@H]1c1ccccc1. The van der Waals surface area contributed by atoms with Crippen molar-refractivity contribution in [2.45, 2.75) is 24.2 Å². The third kappa shape index (κ3) is 2.35.